The monoisotopic (exact) mass is 362 g/mol. The van der Waals surface area contributed by atoms with Gasteiger partial charge in [0.05, 0.1) is 11.0 Å². The van der Waals surface area contributed by atoms with E-state index in [0.717, 1.165) is 17.5 Å². The smallest absolute Gasteiger partial charge is 0.242 e. The van der Waals surface area contributed by atoms with E-state index in [1.807, 2.05) is 65.0 Å². The maximum Gasteiger partial charge on any atom is 0.242 e. The molecule has 4 heteroatoms. The van der Waals surface area contributed by atoms with Crippen molar-refractivity contribution in [2.24, 2.45) is 5.92 Å². The Hall–Kier alpha value is -2.62. The van der Waals surface area contributed by atoms with Gasteiger partial charge in [-0.05, 0) is 43.0 Å². The van der Waals surface area contributed by atoms with Gasteiger partial charge in [0.25, 0.3) is 0 Å². The van der Waals surface area contributed by atoms with Gasteiger partial charge in [0.1, 0.15) is 6.54 Å². The molecule has 140 valence electrons. The molecule has 1 fully saturated rings. The summed E-state index contributed by atoms with van der Waals surface area (Å²) in [5, 5.41) is 1.33. The van der Waals surface area contributed by atoms with E-state index in [1.165, 1.54) is 19.3 Å². The van der Waals surface area contributed by atoms with E-state index in [1.54, 1.807) is 0 Å². The Balaban J connectivity index is 1.77. The number of para-hydroxylation sites is 2. The number of fused-ring (bicyclic) bond motifs is 2. The minimum Gasteiger partial charge on any atom is -0.341 e. The molecule has 2 atom stereocenters. The highest BCUT2D eigenvalue weighted by Crippen LogP contribution is 2.28. The number of amides is 1. The van der Waals surface area contributed by atoms with Crippen LogP contribution in [0.1, 0.15) is 32.6 Å². The number of rotatable bonds is 3. The number of carbonyl (C=O) groups is 1. The Bertz CT molecular complexity index is 993. The minimum atomic E-state index is 0.0270. The lowest BCUT2D eigenvalue weighted by atomic mass is 9.85. The standard InChI is InChI=1S/C23H26N2O2/c1-16-9-3-6-12-19(16)24(2)22(26)15-25-20-13-7-4-10-17(20)23(27)18-11-5-8-14-21(18)25/h4-5,7-8,10-11,13-14,16,19H,3,6,9,12,15H2,1-2H3/t16-,19+/m0/s1. The number of likely N-dealkylation sites (N-methyl/N-ethyl adjacent to an activating group) is 1. The van der Waals surface area contributed by atoms with Crippen molar-refractivity contribution in [2.75, 3.05) is 7.05 Å². The lowest BCUT2D eigenvalue weighted by Crippen LogP contribution is -2.44. The molecule has 1 heterocycles. The highest BCUT2D eigenvalue weighted by atomic mass is 16.2. The molecule has 0 saturated heterocycles. The maximum atomic E-state index is 13.2. The van der Waals surface area contributed by atoms with Gasteiger partial charge in [0.2, 0.25) is 5.91 Å². The van der Waals surface area contributed by atoms with Gasteiger partial charge < -0.3 is 9.47 Å². The van der Waals surface area contributed by atoms with Crippen molar-refractivity contribution in [3.63, 3.8) is 0 Å². The fourth-order valence-electron chi connectivity index (χ4n) is 4.55. The highest BCUT2D eigenvalue weighted by molar-refractivity contribution is 5.94. The topological polar surface area (TPSA) is 42.3 Å². The zero-order chi connectivity index (χ0) is 19.0. The number of benzene rings is 2. The van der Waals surface area contributed by atoms with E-state index in [4.69, 9.17) is 0 Å². The average Bonchev–Trinajstić information content (AvgIpc) is 2.71. The molecule has 0 spiro atoms. The molecule has 1 aromatic heterocycles. The summed E-state index contributed by atoms with van der Waals surface area (Å²) in [6.07, 6.45) is 4.71. The summed E-state index contributed by atoms with van der Waals surface area (Å²) >= 11 is 0. The van der Waals surface area contributed by atoms with Crippen LogP contribution in [0, 0.1) is 5.92 Å². The molecule has 4 rings (SSSR count). The van der Waals surface area contributed by atoms with Crippen LogP contribution in [-0.4, -0.2) is 28.5 Å². The van der Waals surface area contributed by atoms with Crippen LogP contribution in [0.4, 0.5) is 0 Å². The summed E-state index contributed by atoms with van der Waals surface area (Å²) in [4.78, 5) is 27.9. The molecular formula is C23H26N2O2. The van der Waals surface area contributed by atoms with E-state index in [9.17, 15) is 9.59 Å². The number of aromatic nitrogens is 1. The van der Waals surface area contributed by atoms with Gasteiger partial charge in [-0.15, -0.1) is 0 Å². The fraction of sp³-hybridized carbons (Fsp3) is 0.391. The Kier molecular flexibility index (Phi) is 4.73. The van der Waals surface area contributed by atoms with E-state index in [2.05, 4.69) is 6.92 Å². The second kappa shape index (κ2) is 7.18. The van der Waals surface area contributed by atoms with Gasteiger partial charge in [-0.2, -0.15) is 0 Å². The molecule has 0 aliphatic heterocycles. The molecule has 1 amide bonds. The summed E-state index contributed by atoms with van der Waals surface area (Å²) in [6.45, 7) is 2.50. The lowest BCUT2D eigenvalue weighted by molar-refractivity contribution is -0.134. The van der Waals surface area contributed by atoms with Crippen LogP contribution >= 0.6 is 0 Å². The zero-order valence-electron chi connectivity index (χ0n) is 16.0. The van der Waals surface area contributed by atoms with E-state index >= 15 is 0 Å². The number of carbonyl (C=O) groups excluding carboxylic acids is 1. The molecule has 2 aromatic carbocycles. The Labute approximate surface area is 159 Å². The van der Waals surface area contributed by atoms with Gasteiger partial charge in [0.15, 0.2) is 5.43 Å². The predicted octanol–water partition coefficient (Wildman–Crippen LogP) is 4.19. The van der Waals surface area contributed by atoms with Crippen LogP contribution < -0.4 is 5.43 Å². The summed E-state index contributed by atoms with van der Waals surface area (Å²) in [6, 6.07) is 15.5. The number of pyridine rings is 1. The SMILES string of the molecule is C[C@H]1CCCC[C@H]1N(C)C(=O)Cn1c2ccccc2c(=O)c2ccccc21. The fourth-order valence-corrected chi connectivity index (χ4v) is 4.55. The first-order valence-corrected chi connectivity index (χ1v) is 9.84. The Morgan fingerprint density at radius 2 is 1.56 bits per heavy atom. The van der Waals surface area contributed by atoms with Crippen LogP contribution in [0.5, 0.6) is 0 Å². The lowest BCUT2D eigenvalue weighted by Gasteiger charge is -2.36. The van der Waals surface area contributed by atoms with Crippen molar-refractivity contribution in [3.05, 3.63) is 58.8 Å². The van der Waals surface area contributed by atoms with Gasteiger partial charge in [0, 0.05) is 23.9 Å². The molecule has 0 N–H and O–H groups in total. The van der Waals surface area contributed by atoms with Crippen molar-refractivity contribution >= 4 is 27.7 Å². The van der Waals surface area contributed by atoms with Crippen molar-refractivity contribution < 1.29 is 4.79 Å². The first-order valence-electron chi connectivity index (χ1n) is 9.84. The molecule has 1 aliphatic carbocycles. The largest absolute Gasteiger partial charge is 0.341 e. The molecule has 0 unspecified atom stereocenters. The third-order valence-electron chi connectivity index (χ3n) is 6.13. The Morgan fingerprint density at radius 3 is 2.15 bits per heavy atom. The summed E-state index contributed by atoms with van der Waals surface area (Å²) < 4.78 is 2.00. The first-order chi connectivity index (χ1) is 13.1. The minimum absolute atomic E-state index is 0.0270. The summed E-state index contributed by atoms with van der Waals surface area (Å²) in [5.74, 6) is 0.642. The van der Waals surface area contributed by atoms with Crippen LogP contribution in [0.2, 0.25) is 0 Å². The third kappa shape index (κ3) is 3.14. The molecule has 1 aliphatic rings. The normalized spacial score (nSPS) is 20.1. The van der Waals surface area contributed by atoms with Crippen molar-refractivity contribution in [3.8, 4) is 0 Å². The molecule has 4 nitrogen and oxygen atoms in total. The van der Waals surface area contributed by atoms with Gasteiger partial charge in [-0.1, -0.05) is 44.0 Å². The van der Waals surface area contributed by atoms with E-state index < -0.39 is 0 Å². The predicted molar refractivity (Wildman–Crippen MR) is 110 cm³/mol. The van der Waals surface area contributed by atoms with Crippen molar-refractivity contribution in [1.29, 1.82) is 0 Å². The van der Waals surface area contributed by atoms with Crippen LogP contribution in [-0.2, 0) is 11.3 Å². The van der Waals surface area contributed by atoms with Gasteiger partial charge in [-0.3, -0.25) is 9.59 Å². The number of hydrogen-bond donors (Lipinski definition) is 0. The maximum absolute atomic E-state index is 13.2. The van der Waals surface area contributed by atoms with Gasteiger partial charge >= 0.3 is 0 Å². The summed E-state index contributed by atoms with van der Waals surface area (Å²) in [5.41, 5.74) is 1.67. The van der Waals surface area contributed by atoms with Gasteiger partial charge in [-0.25, -0.2) is 0 Å². The summed E-state index contributed by atoms with van der Waals surface area (Å²) in [7, 11) is 1.93. The second-order valence-corrected chi connectivity index (χ2v) is 7.78. The molecule has 3 aromatic rings. The van der Waals surface area contributed by atoms with E-state index in [-0.39, 0.29) is 17.9 Å². The molecule has 0 radical (unpaired) electrons. The number of nitrogens with zero attached hydrogens (tertiary/aromatic N) is 2. The van der Waals surface area contributed by atoms with Crippen LogP contribution in [0.15, 0.2) is 53.3 Å². The molecule has 1 saturated carbocycles. The van der Waals surface area contributed by atoms with E-state index in [0.29, 0.717) is 22.7 Å². The quantitative estimate of drug-likeness (QED) is 0.656. The molecular weight excluding hydrogens is 336 g/mol. The second-order valence-electron chi connectivity index (χ2n) is 7.78. The average molecular weight is 362 g/mol. The molecule has 27 heavy (non-hydrogen) atoms. The van der Waals surface area contributed by atoms with Crippen molar-refractivity contribution in [1.82, 2.24) is 9.47 Å². The third-order valence-corrected chi connectivity index (χ3v) is 6.13. The van der Waals surface area contributed by atoms with Crippen molar-refractivity contribution in [2.45, 2.75) is 45.2 Å². The molecule has 0 bridgehead atoms. The number of hydrogen-bond acceptors (Lipinski definition) is 2. The Morgan fingerprint density at radius 1 is 1.00 bits per heavy atom. The first kappa shape index (κ1) is 17.8. The van der Waals surface area contributed by atoms with Crippen LogP contribution in [0.3, 0.4) is 0 Å². The van der Waals surface area contributed by atoms with Crippen LogP contribution in [0.25, 0.3) is 21.8 Å². The highest BCUT2D eigenvalue weighted by Gasteiger charge is 2.28. The zero-order valence-corrected chi connectivity index (χ0v) is 16.0.